The lowest BCUT2D eigenvalue weighted by Crippen LogP contribution is -2.27. The normalized spacial score (nSPS) is 29.4. The summed E-state index contributed by atoms with van der Waals surface area (Å²) in [4.78, 5) is 12.4. The van der Waals surface area contributed by atoms with Gasteiger partial charge in [0.2, 0.25) is 5.91 Å². The van der Waals surface area contributed by atoms with Gasteiger partial charge in [0, 0.05) is 11.6 Å². The van der Waals surface area contributed by atoms with Gasteiger partial charge >= 0.3 is 0 Å². The third kappa shape index (κ3) is 2.61. The van der Waals surface area contributed by atoms with Crippen molar-refractivity contribution >= 4 is 11.6 Å². The fraction of sp³-hybridized carbons (Fsp3) is 0.611. The van der Waals surface area contributed by atoms with Gasteiger partial charge in [0.25, 0.3) is 0 Å². The molecule has 108 valence electrons. The number of fused-ring (bicyclic) bond motifs is 2. The van der Waals surface area contributed by atoms with Crippen LogP contribution in [0, 0.1) is 17.8 Å². The van der Waals surface area contributed by atoms with Gasteiger partial charge in [-0.25, -0.2) is 0 Å². The molecule has 0 spiro atoms. The predicted octanol–water partition coefficient (Wildman–Crippen LogP) is 4.57. The van der Waals surface area contributed by atoms with Gasteiger partial charge in [-0.15, -0.1) is 0 Å². The van der Waals surface area contributed by atoms with Gasteiger partial charge < -0.3 is 5.32 Å². The van der Waals surface area contributed by atoms with E-state index >= 15 is 0 Å². The molecule has 0 aliphatic heterocycles. The van der Waals surface area contributed by atoms with Crippen LogP contribution in [0.1, 0.15) is 57.4 Å². The third-order valence-corrected chi connectivity index (χ3v) is 5.43. The van der Waals surface area contributed by atoms with Gasteiger partial charge in [-0.1, -0.05) is 32.4 Å². The first-order valence-electron chi connectivity index (χ1n) is 8.08. The first kappa shape index (κ1) is 13.7. The minimum absolute atomic E-state index is 0.244. The number of nitrogens with one attached hydrogen (secondary N) is 1. The number of carbonyl (C=O) groups is 1. The molecule has 4 atom stereocenters. The van der Waals surface area contributed by atoms with E-state index in [0.29, 0.717) is 11.8 Å². The highest BCUT2D eigenvalue weighted by molar-refractivity contribution is 5.93. The molecule has 3 rings (SSSR count). The van der Waals surface area contributed by atoms with Crippen LogP contribution in [0.5, 0.6) is 0 Å². The number of hydrogen-bond donors (Lipinski definition) is 1. The molecule has 1 aromatic carbocycles. The maximum absolute atomic E-state index is 12.4. The summed E-state index contributed by atoms with van der Waals surface area (Å²) in [5, 5.41) is 3.11. The SMILES string of the molecule is CC[C@@H](C)c1ccc(NC(=O)[C@H]2C[C@H]3CC[C@H]2C3)cc1. The summed E-state index contributed by atoms with van der Waals surface area (Å²) in [6.45, 7) is 4.44. The Hall–Kier alpha value is -1.31. The molecule has 1 aromatic rings. The van der Waals surface area contributed by atoms with Crippen molar-refractivity contribution < 1.29 is 4.79 Å². The van der Waals surface area contributed by atoms with Crippen LogP contribution in [0.25, 0.3) is 0 Å². The summed E-state index contributed by atoms with van der Waals surface area (Å²) in [7, 11) is 0. The van der Waals surface area contributed by atoms with E-state index in [4.69, 9.17) is 0 Å². The molecule has 2 aliphatic rings. The Balaban J connectivity index is 1.61. The molecule has 0 saturated heterocycles. The van der Waals surface area contributed by atoms with Crippen LogP contribution in [0.2, 0.25) is 0 Å². The molecule has 0 aromatic heterocycles. The molecule has 2 bridgehead atoms. The van der Waals surface area contributed by atoms with E-state index in [1.165, 1.54) is 24.8 Å². The third-order valence-electron chi connectivity index (χ3n) is 5.43. The fourth-order valence-corrected chi connectivity index (χ4v) is 3.93. The van der Waals surface area contributed by atoms with Crippen molar-refractivity contribution in [1.82, 2.24) is 0 Å². The van der Waals surface area contributed by atoms with Gasteiger partial charge in [-0.05, 0) is 61.1 Å². The molecule has 0 radical (unpaired) electrons. The van der Waals surface area contributed by atoms with Gasteiger partial charge in [0.05, 0.1) is 0 Å². The molecular weight excluding hydrogens is 246 g/mol. The lowest BCUT2D eigenvalue weighted by molar-refractivity contribution is -0.121. The fourth-order valence-electron chi connectivity index (χ4n) is 3.93. The Labute approximate surface area is 122 Å². The van der Waals surface area contributed by atoms with E-state index in [0.717, 1.165) is 24.4 Å². The van der Waals surface area contributed by atoms with Crippen LogP contribution in [-0.2, 0) is 4.79 Å². The van der Waals surface area contributed by atoms with Crippen LogP contribution in [0.3, 0.4) is 0 Å². The van der Waals surface area contributed by atoms with Gasteiger partial charge in [0.1, 0.15) is 0 Å². The zero-order valence-electron chi connectivity index (χ0n) is 12.6. The van der Waals surface area contributed by atoms with E-state index in [1.807, 2.05) is 12.1 Å². The number of hydrogen-bond acceptors (Lipinski definition) is 1. The molecule has 2 nitrogen and oxygen atoms in total. The minimum atomic E-state index is 0.244. The van der Waals surface area contributed by atoms with Crippen LogP contribution in [0.15, 0.2) is 24.3 Å². The van der Waals surface area contributed by atoms with E-state index in [-0.39, 0.29) is 11.8 Å². The Morgan fingerprint density at radius 3 is 2.55 bits per heavy atom. The first-order chi connectivity index (χ1) is 9.67. The zero-order chi connectivity index (χ0) is 14.1. The molecule has 0 heterocycles. The summed E-state index contributed by atoms with van der Waals surface area (Å²) in [6, 6.07) is 8.38. The van der Waals surface area contributed by atoms with Crippen molar-refractivity contribution in [2.45, 2.75) is 51.9 Å². The number of amides is 1. The number of anilines is 1. The van der Waals surface area contributed by atoms with E-state index in [2.05, 4.69) is 31.3 Å². The van der Waals surface area contributed by atoms with Crippen LogP contribution in [0.4, 0.5) is 5.69 Å². The summed E-state index contributed by atoms with van der Waals surface area (Å²) < 4.78 is 0. The minimum Gasteiger partial charge on any atom is -0.326 e. The van der Waals surface area contributed by atoms with E-state index in [9.17, 15) is 4.79 Å². The zero-order valence-corrected chi connectivity index (χ0v) is 12.6. The second-order valence-corrected chi connectivity index (χ2v) is 6.70. The largest absolute Gasteiger partial charge is 0.326 e. The van der Waals surface area contributed by atoms with Crippen molar-refractivity contribution in [2.24, 2.45) is 17.8 Å². The van der Waals surface area contributed by atoms with Gasteiger partial charge in [-0.3, -0.25) is 4.79 Å². The van der Waals surface area contributed by atoms with Crippen molar-refractivity contribution in [3.05, 3.63) is 29.8 Å². The molecule has 0 unspecified atom stereocenters. The van der Waals surface area contributed by atoms with Gasteiger partial charge in [0.15, 0.2) is 0 Å². The molecule has 2 fully saturated rings. The van der Waals surface area contributed by atoms with Crippen molar-refractivity contribution in [3.8, 4) is 0 Å². The molecule has 20 heavy (non-hydrogen) atoms. The smallest absolute Gasteiger partial charge is 0.227 e. The second kappa shape index (κ2) is 5.59. The van der Waals surface area contributed by atoms with Gasteiger partial charge in [-0.2, -0.15) is 0 Å². The summed E-state index contributed by atoms with van der Waals surface area (Å²) in [6.07, 6.45) is 6.15. The lowest BCUT2D eigenvalue weighted by Gasteiger charge is -2.21. The van der Waals surface area contributed by atoms with Crippen molar-refractivity contribution in [3.63, 3.8) is 0 Å². The topological polar surface area (TPSA) is 29.1 Å². The highest BCUT2D eigenvalue weighted by Gasteiger charge is 2.42. The predicted molar refractivity (Wildman–Crippen MR) is 82.7 cm³/mol. The average molecular weight is 271 g/mol. The maximum atomic E-state index is 12.4. The summed E-state index contributed by atoms with van der Waals surface area (Å²) in [5.41, 5.74) is 2.30. The lowest BCUT2D eigenvalue weighted by atomic mass is 9.88. The van der Waals surface area contributed by atoms with Crippen LogP contribution in [-0.4, -0.2) is 5.91 Å². The highest BCUT2D eigenvalue weighted by Crippen LogP contribution is 2.48. The molecule has 1 N–H and O–H groups in total. The first-order valence-corrected chi connectivity index (χ1v) is 8.08. The number of carbonyl (C=O) groups excluding carboxylic acids is 1. The van der Waals surface area contributed by atoms with Crippen LogP contribution >= 0.6 is 0 Å². The quantitative estimate of drug-likeness (QED) is 0.853. The number of benzene rings is 1. The monoisotopic (exact) mass is 271 g/mol. The average Bonchev–Trinajstić information content (AvgIpc) is 3.10. The van der Waals surface area contributed by atoms with E-state index < -0.39 is 0 Å². The highest BCUT2D eigenvalue weighted by atomic mass is 16.1. The standard InChI is InChI=1S/C18H25NO/c1-3-12(2)14-6-8-16(9-7-14)19-18(20)17-11-13-4-5-15(17)10-13/h6-9,12-13,15,17H,3-5,10-11H2,1-2H3,(H,19,20)/t12-,13+,15+,17+/m1/s1. The van der Waals surface area contributed by atoms with E-state index in [1.54, 1.807) is 0 Å². The van der Waals surface area contributed by atoms with Crippen LogP contribution < -0.4 is 5.32 Å². The Morgan fingerprint density at radius 2 is 2.00 bits per heavy atom. The second-order valence-electron chi connectivity index (χ2n) is 6.70. The Bertz CT molecular complexity index is 479. The Morgan fingerprint density at radius 1 is 1.25 bits per heavy atom. The summed E-state index contributed by atoms with van der Waals surface area (Å²) >= 11 is 0. The van der Waals surface area contributed by atoms with Crippen molar-refractivity contribution in [2.75, 3.05) is 5.32 Å². The molecule has 2 saturated carbocycles. The van der Waals surface area contributed by atoms with Crippen molar-refractivity contribution in [1.29, 1.82) is 0 Å². The maximum Gasteiger partial charge on any atom is 0.227 e. The molecule has 2 aliphatic carbocycles. The summed E-state index contributed by atoms with van der Waals surface area (Å²) in [5.74, 6) is 2.57. The molecule has 2 heteroatoms. The molecular formula is C18H25NO. The number of rotatable bonds is 4. The Kier molecular flexibility index (Phi) is 3.82. The molecule has 1 amide bonds.